The Morgan fingerprint density at radius 1 is 1.05 bits per heavy atom. The average Bonchev–Trinajstić information content (AvgIpc) is 2.82. The number of hydrogen-bond acceptors (Lipinski definition) is 0. The van der Waals surface area contributed by atoms with Crippen molar-refractivity contribution in [1.82, 2.24) is 0 Å². The van der Waals surface area contributed by atoms with Crippen molar-refractivity contribution < 1.29 is 0 Å². The van der Waals surface area contributed by atoms with Gasteiger partial charge in [-0.15, -0.1) is 0 Å². The Balaban J connectivity index is 1.78. The van der Waals surface area contributed by atoms with Crippen molar-refractivity contribution in [3.05, 3.63) is 54.9 Å². The molecule has 0 N–H and O–H groups in total. The lowest BCUT2D eigenvalue weighted by molar-refractivity contribution is 0.158. The summed E-state index contributed by atoms with van der Waals surface area (Å²) < 4.78 is 0. The van der Waals surface area contributed by atoms with Gasteiger partial charge in [0.1, 0.15) is 0 Å². The largest absolute Gasteiger partial charge is 0.0762 e. The fraction of sp³-hybridized carbons (Fsp3) is 0.526. The Hall–Kier alpha value is -0.520. The summed E-state index contributed by atoms with van der Waals surface area (Å²) in [6.45, 7) is 7.23. The Bertz CT molecular complexity index is 362. The van der Waals surface area contributed by atoms with Gasteiger partial charge in [0.25, 0.3) is 0 Å². The zero-order chi connectivity index (χ0) is 13.4. The van der Waals surface area contributed by atoms with Gasteiger partial charge in [0.05, 0.1) is 0 Å². The third-order valence-electron chi connectivity index (χ3n) is 5.14. The molecule has 0 nitrogen and oxygen atoms in total. The maximum absolute atomic E-state index is 2.43. The number of allylic oxidation sites excluding steroid dienone is 4. The molecule has 0 aromatic rings. The topological polar surface area (TPSA) is 0 Å². The molecular weight excluding hydrogens is 228 g/mol. The van der Waals surface area contributed by atoms with E-state index in [1.54, 1.807) is 5.92 Å². The highest BCUT2D eigenvalue weighted by atomic mass is 14.5. The van der Waals surface area contributed by atoms with Crippen molar-refractivity contribution in [2.24, 2.45) is 23.7 Å². The van der Waals surface area contributed by atoms with Crippen LogP contribution in [0.1, 0.15) is 40.0 Å². The van der Waals surface area contributed by atoms with Crippen molar-refractivity contribution in [1.29, 1.82) is 0 Å². The molecule has 0 aromatic heterocycles. The van der Waals surface area contributed by atoms with Gasteiger partial charge in [0, 0.05) is 11.8 Å². The zero-order valence-electron chi connectivity index (χ0n) is 12.4. The highest BCUT2D eigenvalue weighted by Gasteiger charge is 2.44. The molecule has 0 heteroatoms. The zero-order valence-corrected chi connectivity index (χ0v) is 12.4. The number of hydrogen-bond donors (Lipinski definition) is 0. The summed E-state index contributed by atoms with van der Waals surface area (Å²) in [6.07, 6.45) is 17.8. The molecule has 101 valence electrons. The van der Waals surface area contributed by atoms with E-state index >= 15 is 0 Å². The van der Waals surface area contributed by atoms with Crippen LogP contribution in [0.15, 0.2) is 24.3 Å². The first-order valence-corrected chi connectivity index (χ1v) is 7.81. The van der Waals surface area contributed by atoms with Crippen LogP contribution in [-0.4, -0.2) is 0 Å². The fourth-order valence-corrected chi connectivity index (χ4v) is 4.06. The van der Waals surface area contributed by atoms with Gasteiger partial charge >= 0.3 is 0 Å². The van der Waals surface area contributed by atoms with Gasteiger partial charge in [0.15, 0.2) is 0 Å². The second kappa shape index (κ2) is 5.46. The summed E-state index contributed by atoms with van der Waals surface area (Å²) in [4.78, 5) is 0. The van der Waals surface area contributed by atoms with Gasteiger partial charge in [-0.2, -0.15) is 0 Å². The standard InChI is InChI=1S/C19H25/c1-13(2)16-10-8-14(3)12-19(16)18-11-9-15-6-4-5-7-17(15)18/h4-7,9,11,13-14,16,19H,8,10,12H2,1-3H3/t14-,16-,19-/m1/s1. The SMILES string of the molecule is CC(C)[C@H]1CC[C@@H](C)C[C@H]1[C]1[CH][CH][C]2C=CC=C[C]21. The van der Waals surface area contributed by atoms with E-state index in [4.69, 9.17) is 0 Å². The van der Waals surface area contributed by atoms with Crippen molar-refractivity contribution >= 4 is 0 Å². The van der Waals surface area contributed by atoms with Crippen LogP contribution in [0.2, 0.25) is 0 Å². The van der Waals surface area contributed by atoms with Crippen LogP contribution in [-0.2, 0) is 0 Å². The van der Waals surface area contributed by atoms with Gasteiger partial charge in [-0.1, -0.05) is 51.5 Å². The first kappa shape index (κ1) is 13.5. The van der Waals surface area contributed by atoms with E-state index in [-0.39, 0.29) is 0 Å². The molecule has 2 fully saturated rings. The molecular formula is C19H25. The summed E-state index contributed by atoms with van der Waals surface area (Å²) in [5, 5.41) is 0. The van der Waals surface area contributed by atoms with Gasteiger partial charge in [-0.05, 0) is 55.3 Å². The van der Waals surface area contributed by atoms with Gasteiger partial charge < -0.3 is 0 Å². The average molecular weight is 253 g/mol. The highest BCUT2D eigenvalue weighted by molar-refractivity contribution is 5.62. The highest BCUT2D eigenvalue weighted by Crippen LogP contribution is 2.54. The van der Waals surface area contributed by atoms with E-state index in [0.717, 1.165) is 23.7 Å². The molecule has 0 aromatic carbocycles. The predicted octanol–water partition coefficient (Wildman–Crippen LogP) is 4.97. The van der Waals surface area contributed by atoms with Gasteiger partial charge in [-0.3, -0.25) is 0 Å². The normalized spacial score (nSPS) is 37.2. The smallest absolute Gasteiger partial charge is 0.0161 e. The van der Waals surface area contributed by atoms with Crippen LogP contribution in [0.3, 0.4) is 0 Å². The maximum atomic E-state index is 2.43. The molecule has 0 aliphatic heterocycles. The second-order valence-electron chi connectivity index (χ2n) is 6.81. The lowest BCUT2D eigenvalue weighted by Gasteiger charge is -2.42. The summed E-state index contributed by atoms with van der Waals surface area (Å²) in [7, 11) is 0. The third-order valence-corrected chi connectivity index (χ3v) is 5.14. The van der Waals surface area contributed by atoms with Gasteiger partial charge in [-0.25, -0.2) is 0 Å². The molecule has 0 amide bonds. The van der Waals surface area contributed by atoms with Crippen LogP contribution in [0.25, 0.3) is 0 Å². The Morgan fingerprint density at radius 3 is 2.63 bits per heavy atom. The lowest BCUT2D eigenvalue weighted by Crippen LogP contribution is -2.33. The van der Waals surface area contributed by atoms with E-state index < -0.39 is 0 Å². The predicted molar refractivity (Wildman–Crippen MR) is 81.4 cm³/mol. The van der Waals surface area contributed by atoms with Crippen LogP contribution < -0.4 is 0 Å². The van der Waals surface area contributed by atoms with Gasteiger partial charge in [0.2, 0.25) is 0 Å². The van der Waals surface area contributed by atoms with Crippen LogP contribution >= 0.6 is 0 Å². The Labute approximate surface area is 119 Å². The molecule has 2 saturated carbocycles. The first-order chi connectivity index (χ1) is 9.16. The van der Waals surface area contributed by atoms with Crippen molar-refractivity contribution in [3.8, 4) is 0 Å². The molecule has 5 radical (unpaired) electrons. The van der Waals surface area contributed by atoms with E-state index in [1.165, 1.54) is 31.1 Å². The Morgan fingerprint density at radius 2 is 1.84 bits per heavy atom. The van der Waals surface area contributed by atoms with Crippen molar-refractivity contribution in [2.45, 2.75) is 40.0 Å². The quantitative estimate of drug-likeness (QED) is 0.652. The first-order valence-electron chi connectivity index (χ1n) is 7.81. The minimum Gasteiger partial charge on any atom is -0.0762 e. The molecule has 3 atom stereocenters. The number of fused-ring (bicyclic) bond motifs is 1. The second-order valence-corrected chi connectivity index (χ2v) is 6.81. The van der Waals surface area contributed by atoms with Crippen molar-refractivity contribution in [2.75, 3.05) is 0 Å². The minimum atomic E-state index is 0.767. The van der Waals surface area contributed by atoms with Crippen LogP contribution in [0.4, 0.5) is 0 Å². The summed E-state index contributed by atoms with van der Waals surface area (Å²) in [6, 6.07) is 0. The van der Waals surface area contributed by atoms with Crippen LogP contribution in [0.5, 0.6) is 0 Å². The fourth-order valence-electron chi connectivity index (χ4n) is 4.06. The maximum Gasteiger partial charge on any atom is 0.0161 e. The molecule has 0 unspecified atom stereocenters. The molecule has 19 heavy (non-hydrogen) atoms. The summed E-state index contributed by atoms with van der Waals surface area (Å²) >= 11 is 0. The number of rotatable bonds is 2. The van der Waals surface area contributed by atoms with E-state index in [0.29, 0.717) is 0 Å². The van der Waals surface area contributed by atoms with Crippen molar-refractivity contribution in [3.63, 3.8) is 0 Å². The summed E-state index contributed by atoms with van der Waals surface area (Å²) in [5.41, 5.74) is 0. The van der Waals surface area contributed by atoms with Crippen LogP contribution in [0, 0.1) is 54.3 Å². The Kier molecular flexibility index (Phi) is 3.87. The lowest BCUT2D eigenvalue weighted by atomic mass is 9.63. The molecule has 3 aliphatic rings. The molecule has 0 bridgehead atoms. The molecule has 0 saturated heterocycles. The monoisotopic (exact) mass is 253 g/mol. The molecule has 0 heterocycles. The third kappa shape index (κ3) is 2.56. The molecule has 3 aliphatic carbocycles. The van der Waals surface area contributed by atoms with E-state index in [9.17, 15) is 0 Å². The van der Waals surface area contributed by atoms with E-state index in [2.05, 4.69) is 57.9 Å². The summed E-state index contributed by atoms with van der Waals surface area (Å²) in [5.74, 6) is 7.83. The molecule has 0 spiro atoms. The molecule has 3 rings (SSSR count). The minimum absolute atomic E-state index is 0.767. The van der Waals surface area contributed by atoms with E-state index in [1.807, 2.05) is 0 Å².